The molecule has 2 N–H and O–H groups in total. The SMILES string of the molecule is CCS(=O)(=O)NC1CC(c2cc(=O)[nH]c(C3CC3)n2)C1. The van der Waals surface area contributed by atoms with Gasteiger partial charge < -0.3 is 4.98 Å². The second kappa shape index (κ2) is 4.96. The van der Waals surface area contributed by atoms with Gasteiger partial charge in [0, 0.05) is 23.9 Å². The number of hydrogen-bond acceptors (Lipinski definition) is 4. The van der Waals surface area contributed by atoms with Gasteiger partial charge in [0.2, 0.25) is 10.0 Å². The molecule has 6 nitrogen and oxygen atoms in total. The van der Waals surface area contributed by atoms with Crippen LogP contribution in [0.2, 0.25) is 0 Å². The van der Waals surface area contributed by atoms with Crippen LogP contribution in [0.1, 0.15) is 56.0 Å². The predicted octanol–water partition coefficient (Wildman–Crippen LogP) is 0.833. The summed E-state index contributed by atoms with van der Waals surface area (Å²) < 4.78 is 25.6. The third kappa shape index (κ3) is 2.93. The molecule has 1 heterocycles. The van der Waals surface area contributed by atoms with Gasteiger partial charge in [-0.15, -0.1) is 0 Å². The molecular formula is C13H19N3O3S. The van der Waals surface area contributed by atoms with Gasteiger partial charge in [0.25, 0.3) is 5.56 Å². The number of hydrogen-bond donors (Lipinski definition) is 2. The van der Waals surface area contributed by atoms with Crippen molar-refractivity contribution in [3.05, 3.63) is 27.9 Å². The Hall–Kier alpha value is -1.21. The molecule has 0 radical (unpaired) electrons. The van der Waals surface area contributed by atoms with Crippen LogP contribution < -0.4 is 10.3 Å². The molecule has 110 valence electrons. The first kappa shape index (κ1) is 13.8. The number of aromatic amines is 1. The minimum atomic E-state index is -3.14. The summed E-state index contributed by atoms with van der Waals surface area (Å²) in [5.74, 6) is 1.50. The predicted molar refractivity (Wildman–Crippen MR) is 75.2 cm³/mol. The van der Waals surface area contributed by atoms with E-state index in [-0.39, 0.29) is 23.3 Å². The Morgan fingerprint density at radius 1 is 1.35 bits per heavy atom. The van der Waals surface area contributed by atoms with Gasteiger partial charge in [-0.2, -0.15) is 0 Å². The van der Waals surface area contributed by atoms with Crippen LogP contribution in [0.3, 0.4) is 0 Å². The normalized spacial score (nSPS) is 26.2. The molecule has 2 aliphatic carbocycles. The fourth-order valence-electron chi connectivity index (χ4n) is 2.55. The van der Waals surface area contributed by atoms with Crippen molar-refractivity contribution in [2.24, 2.45) is 0 Å². The third-order valence-electron chi connectivity index (χ3n) is 4.03. The summed E-state index contributed by atoms with van der Waals surface area (Å²) in [5.41, 5.74) is 0.706. The number of sulfonamides is 1. The second-order valence-electron chi connectivity index (χ2n) is 5.72. The van der Waals surface area contributed by atoms with E-state index in [4.69, 9.17) is 0 Å². The molecule has 7 heteroatoms. The first-order chi connectivity index (χ1) is 9.47. The Kier molecular flexibility index (Phi) is 3.41. The van der Waals surface area contributed by atoms with E-state index in [1.54, 1.807) is 13.0 Å². The molecule has 2 aliphatic rings. The summed E-state index contributed by atoms with van der Waals surface area (Å²) >= 11 is 0. The maximum atomic E-state index is 11.6. The van der Waals surface area contributed by atoms with Crippen LogP contribution in [0.5, 0.6) is 0 Å². The van der Waals surface area contributed by atoms with Gasteiger partial charge >= 0.3 is 0 Å². The Morgan fingerprint density at radius 3 is 2.65 bits per heavy atom. The van der Waals surface area contributed by atoms with E-state index in [1.807, 2.05) is 0 Å². The molecular weight excluding hydrogens is 278 g/mol. The number of nitrogens with one attached hydrogen (secondary N) is 2. The van der Waals surface area contributed by atoms with Gasteiger partial charge in [-0.3, -0.25) is 4.79 Å². The Bertz CT molecular complexity index is 658. The van der Waals surface area contributed by atoms with Gasteiger partial charge in [-0.1, -0.05) is 0 Å². The summed E-state index contributed by atoms with van der Waals surface area (Å²) in [5, 5.41) is 0. The van der Waals surface area contributed by atoms with Crippen LogP contribution in [-0.2, 0) is 10.0 Å². The molecule has 2 fully saturated rings. The van der Waals surface area contributed by atoms with Crippen LogP contribution in [0.4, 0.5) is 0 Å². The van der Waals surface area contributed by atoms with E-state index in [0.29, 0.717) is 5.92 Å². The molecule has 0 amide bonds. The largest absolute Gasteiger partial charge is 0.310 e. The van der Waals surface area contributed by atoms with Crippen LogP contribution in [0, 0.1) is 0 Å². The average Bonchev–Trinajstić information content (AvgIpc) is 3.16. The smallest absolute Gasteiger partial charge is 0.251 e. The Labute approximate surface area is 118 Å². The molecule has 0 spiro atoms. The lowest BCUT2D eigenvalue weighted by atomic mass is 9.78. The number of rotatable bonds is 5. The van der Waals surface area contributed by atoms with Crippen molar-refractivity contribution < 1.29 is 8.42 Å². The van der Waals surface area contributed by atoms with Crippen LogP contribution >= 0.6 is 0 Å². The molecule has 3 rings (SSSR count). The molecule has 0 aliphatic heterocycles. The summed E-state index contributed by atoms with van der Waals surface area (Å²) in [4.78, 5) is 19.0. The van der Waals surface area contributed by atoms with E-state index in [2.05, 4.69) is 14.7 Å². The minimum absolute atomic E-state index is 0.0181. The topological polar surface area (TPSA) is 91.9 Å². The molecule has 20 heavy (non-hydrogen) atoms. The highest BCUT2D eigenvalue weighted by molar-refractivity contribution is 7.89. The first-order valence-corrected chi connectivity index (χ1v) is 8.73. The molecule has 0 bridgehead atoms. The van der Waals surface area contributed by atoms with Crippen LogP contribution in [0.25, 0.3) is 0 Å². The lowest BCUT2D eigenvalue weighted by molar-refractivity contribution is 0.320. The van der Waals surface area contributed by atoms with Crippen molar-refractivity contribution in [2.75, 3.05) is 5.75 Å². The van der Waals surface area contributed by atoms with Crippen LogP contribution in [0.15, 0.2) is 10.9 Å². The zero-order chi connectivity index (χ0) is 14.3. The van der Waals surface area contributed by atoms with Gasteiger partial charge in [-0.25, -0.2) is 18.1 Å². The van der Waals surface area contributed by atoms with Gasteiger partial charge in [0.15, 0.2) is 0 Å². The monoisotopic (exact) mass is 297 g/mol. The second-order valence-corrected chi connectivity index (χ2v) is 7.76. The number of nitrogens with zero attached hydrogens (tertiary/aromatic N) is 1. The first-order valence-electron chi connectivity index (χ1n) is 7.08. The summed E-state index contributed by atoms with van der Waals surface area (Å²) in [7, 11) is -3.14. The van der Waals surface area contributed by atoms with Gasteiger partial charge in [0.05, 0.1) is 11.4 Å². The highest BCUT2D eigenvalue weighted by atomic mass is 32.2. The van der Waals surface area contributed by atoms with Crippen molar-refractivity contribution in [3.8, 4) is 0 Å². The van der Waals surface area contributed by atoms with E-state index in [1.165, 1.54) is 0 Å². The lowest BCUT2D eigenvalue weighted by Gasteiger charge is -2.35. The fourth-order valence-corrected chi connectivity index (χ4v) is 3.42. The standard InChI is InChI=1S/C13H19N3O3S/c1-2-20(18,19)16-10-5-9(6-10)11-7-12(17)15-13(14-11)8-3-4-8/h7-10,16H,2-6H2,1H3,(H,14,15,17). The van der Waals surface area contributed by atoms with Crippen molar-refractivity contribution in [1.82, 2.24) is 14.7 Å². The highest BCUT2D eigenvalue weighted by Gasteiger charge is 2.35. The molecule has 2 saturated carbocycles. The number of H-pyrrole nitrogens is 1. The maximum Gasteiger partial charge on any atom is 0.251 e. The number of aromatic nitrogens is 2. The summed E-state index contributed by atoms with van der Waals surface area (Å²) in [6, 6.07) is 1.52. The van der Waals surface area contributed by atoms with E-state index < -0.39 is 10.0 Å². The summed E-state index contributed by atoms with van der Waals surface area (Å²) in [6.45, 7) is 1.62. The Morgan fingerprint density at radius 2 is 2.05 bits per heavy atom. The van der Waals surface area contributed by atoms with Crippen molar-refractivity contribution >= 4 is 10.0 Å². The quantitative estimate of drug-likeness (QED) is 0.842. The zero-order valence-corrected chi connectivity index (χ0v) is 12.2. The van der Waals surface area contributed by atoms with Crippen molar-refractivity contribution in [3.63, 3.8) is 0 Å². The van der Waals surface area contributed by atoms with Crippen molar-refractivity contribution in [1.29, 1.82) is 0 Å². The molecule has 0 atom stereocenters. The molecule has 1 aromatic rings. The van der Waals surface area contributed by atoms with E-state index >= 15 is 0 Å². The molecule has 1 aromatic heterocycles. The summed E-state index contributed by atoms with van der Waals surface area (Å²) in [6.07, 6.45) is 3.63. The highest BCUT2D eigenvalue weighted by Crippen LogP contribution is 2.40. The Balaban J connectivity index is 1.66. The van der Waals surface area contributed by atoms with Gasteiger partial charge in [0.1, 0.15) is 5.82 Å². The lowest BCUT2D eigenvalue weighted by Crippen LogP contribution is -2.44. The zero-order valence-electron chi connectivity index (χ0n) is 11.4. The fraction of sp³-hybridized carbons (Fsp3) is 0.692. The van der Waals surface area contributed by atoms with E-state index in [0.717, 1.165) is 37.2 Å². The van der Waals surface area contributed by atoms with Crippen LogP contribution in [-0.4, -0.2) is 30.2 Å². The molecule has 0 aromatic carbocycles. The molecule has 0 unspecified atom stereocenters. The minimum Gasteiger partial charge on any atom is -0.310 e. The van der Waals surface area contributed by atoms with E-state index in [9.17, 15) is 13.2 Å². The van der Waals surface area contributed by atoms with Gasteiger partial charge in [-0.05, 0) is 32.6 Å². The average molecular weight is 297 g/mol. The maximum absolute atomic E-state index is 11.6. The third-order valence-corrected chi connectivity index (χ3v) is 5.48. The van der Waals surface area contributed by atoms with Crippen molar-refractivity contribution in [2.45, 2.75) is 50.5 Å². The molecule has 0 saturated heterocycles.